The lowest BCUT2D eigenvalue weighted by Gasteiger charge is -2.16. The zero-order valence-corrected chi connectivity index (χ0v) is 15.3. The normalized spacial score (nSPS) is 11.5. The maximum absolute atomic E-state index is 12.5. The summed E-state index contributed by atoms with van der Waals surface area (Å²) in [6, 6.07) is 8.80. The van der Waals surface area contributed by atoms with Gasteiger partial charge in [-0.05, 0) is 25.1 Å². The standard InChI is InChI=1S/C18H16F2N2O7/c1-10(16(23)21-13-5-3-4-6-15(13)29-18(19)20)28-17(24)12-9-11(22(25)26)7-8-14(12)27-2/h3-10,18H,1-2H3,(H,21,23)/t10-/m0/s1. The van der Waals surface area contributed by atoms with Gasteiger partial charge in [0.15, 0.2) is 6.10 Å². The van der Waals surface area contributed by atoms with E-state index in [0.29, 0.717) is 0 Å². The molecule has 0 aromatic heterocycles. The van der Waals surface area contributed by atoms with E-state index in [2.05, 4.69) is 10.1 Å². The second-order valence-electron chi connectivity index (χ2n) is 5.55. The first-order valence-electron chi connectivity index (χ1n) is 8.11. The molecular weight excluding hydrogens is 394 g/mol. The Morgan fingerprint density at radius 2 is 1.83 bits per heavy atom. The highest BCUT2D eigenvalue weighted by Crippen LogP contribution is 2.27. The first-order valence-corrected chi connectivity index (χ1v) is 8.11. The summed E-state index contributed by atoms with van der Waals surface area (Å²) in [5.41, 5.74) is -0.663. The average molecular weight is 410 g/mol. The van der Waals surface area contributed by atoms with E-state index < -0.39 is 29.5 Å². The van der Waals surface area contributed by atoms with Crippen molar-refractivity contribution in [3.05, 3.63) is 58.1 Å². The lowest BCUT2D eigenvalue weighted by molar-refractivity contribution is -0.384. The predicted octanol–water partition coefficient (Wildman–Crippen LogP) is 3.39. The number of hydrogen-bond acceptors (Lipinski definition) is 7. The molecule has 2 aromatic carbocycles. The number of rotatable bonds is 8. The largest absolute Gasteiger partial charge is 0.496 e. The minimum absolute atomic E-state index is 0.0175. The molecule has 11 heteroatoms. The van der Waals surface area contributed by atoms with Gasteiger partial charge in [-0.15, -0.1) is 0 Å². The summed E-state index contributed by atoms with van der Waals surface area (Å²) in [5, 5.41) is 13.2. The van der Waals surface area contributed by atoms with E-state index >= 15 is 0 Å². The van der Waals surface area contributed by atoms with E-state index in [-0.39, 0.29) is 28.4 Å². The average Bonchev–Trinajstić information content (AvgIpc) is 2.68. The van der Waals surface area contributed by atoms with Crippen molar-refractivity contribution in [1.82, 2.24) is 0 Å². The number of methoxy groups -OCH3 is 1. The summed E-state index contributed by atoms with van der Waals surface area (Å²) < 4.78 is 39.2. The highest BCUT2D eigenvalue weighted by Gasteiger charge is 2.24. The van der Waals surface area contributed by atoms with Gasteiger partial charge in [-0.3, -0.25) is 14.9 Å². The summed E-state index contributed by atoms with van der Waals surface area (Å²) in [5.74, 6) is -2.11. The molecule has 1 amide bonds. The van der Waals surface area contributed by atoms with Crippen LogP contribution in [0.2, 0.25) is 0 Å². The number of para-hydroxylation sites is 2. The number of carbonyl (C=O) groups excluding carboxylic acids is 2. The molecule has 0 heterocycles. The lowest BCUT2D eigenvalue weighted by Crippen LogP contribution is -2.30. The molecule has 0 saturated heterocycles. The van der Waals surface area contributed by atoms with Crippen LogP contribution in [0.25, 0.3) is 0 Å². The van der Waals surface area contributed by atoms with Gasteiger partial charge in [0, 0.05) is 12.1 Å². The van der Waals surface area contributed by atoms with Crippen molar-refractivity contribution >= 4 is 23.3 Å². The van der Waals surface area contributed by atoms with Gasteiger partial charge in [-0.2, -0.15) is 8.78 Å². The fourth-order valence-electron chi connectivity index (χ4n) is 2.25. The molecule has 9 nitrogen and oxygen atoms in total. The minimum Gasteiger partial charge on any atom is -0.496 e. The number of nitro groups is 1. The molecule has 154 valence electrons. The quantitative estimate of drug-likeness (QED) is 0.403. The number of carbonyl (C=O) groups is 2. The van der Waals surface area contributed by atoms with Gasteiger partial charge in [0.1, 0.15) is 17.1 Å². The Balaban J connectivity index is 2.13. The van der Waals surface area contributed by atoms with E-state index in [1.807, 2.05) is 0 Å². The Kier molecular flexibility index (Phi) is 7.01. The van der Waals surface area contributed by atoms with Crippen molar-refractivity contribution in [3.63, 3.8) is 0 Å². The summed E-state index contributed by atoms with van der Waals surface area (Å²) in [7, 11) is 1.26. The van der Waals surface area contributed by atoms with Gasteiger partial charge in [0.2, 0.25) is 0 Å². The predicted molar refractivity (Wildman–Crippen MR) is 96.2 cm³/mol. The molecule has 1 N–H and O–H groups in total. The number of halogens is 2. The highest BCUT2D eigenvalue weighted by molar-refractivity contribution is 5.99. The molecule has 0 radical (unpaired) electrons. The van der Waals surface area contributed by atoms with Crippen molar-refractivity contribution in [2.45, 2.75) is 19.6 Å². The molecule has 29 heavy (non-hydrogen) atoms. The number of esters is 1. The van der Waals surface area contributed by atoms with Gasteiger partial charge in [-0.1, -0.05) is 12.1 Å². The molecule has 0 fully saturated rings. The van der Waals surface area contributed by atoms with Crippen molar-refractivity contribution in [2.24, 2.45) is 0 Å². The summed E-state index contributed by atoms with van der Waals surface area (Å²) in [6.45, 7) is -1.85. The van der Waals surface area contributed by atoms with Gasteiger partial charge in [-0.25, -0.2) is 4.79 Å². The maximum atomic E-state index is 12.5. The van der Waals surface area contributed by atoms with Crippen LogP contribution in [0.5, 0.6) is 11.5 Å². The van der Waals surface area contributed by atoms with Crippen LogP contribution in [-0.2, 0) is 9.53 Å². The van der Waals surface area contributed by atoms with Gasteiger partial charge >= 0.3 is 12.6 Å². The monoisotopic (exact) mass is 410 g/mol. The first-order chi connectivity index (χ1) is 13.7. The zero-order valence-electron chi connectivity index (χ0n) is 15.3. The molecule has 0 aliphatic heterocycles. The summed E-state index contributed by atoms with van der Waals surface area (Å²) >= 11 is 0. The molecule has 2 aromatic rings. The van der Waals surface area contributed by atoms with Crippen LogP contribution in [0, 0.1) is 10.1 Å². The number of hydrogen-bond donors (Lipinski definition) is 1. The van der Waals surface area contributed by atoms with Crippen LogP contribution >= 0.6 is 0 Å². The van der Waals surface area contributed by atoms with Crippen molar-refractivity contribution < 1.29 is 37.5 Å². The first kappa shape index (κ1) is 21.5. The Bertz CT molecular complexity index is 921. The van der Waals surface area contributed by atoms with E-state index in [1.165, 1.54) is 44.4 Å². The van der Waals surface area contributed by atoms with Gasteiger partial charge in [0.05, 0.1) is 17.7 Å². The van der Waals surface area contributed by atoms with E-state index in [9.17, 15) is 28.5 Å². The Morgan fingerprint density at radius 3 is 2.45 bits per heavy atom. The van der Waals surface area contributed by atoms with Crippen LogP contribution in [0.1, 0.15) is 17.3 Å². The summed E-state index contributed by atoms with van der Waals surface area (Å²) in [6.07, 6.45) is -1.36. The zero-order chi connectivity index (χ0) is 21.6. The smallest absolute Gasteiger partial charge is 0.387 e. The van der Waals surface area contributed by atoms with Crippen LogP contribution < -0.4 is 14.8 Å². The van der Waals surface area contributed by atoms with Gasteiger partial charge < -0.3 is 19.5 Å². The summed E-state index contributed by atoms with van der Waals surface area (Å²) in [4.78, 5) is 34.8. The van der Waals surface area contributed by atoms with Crippen molar-refractivity contribution in [1.29, 1.82) is 0 Å². The molecule has 0 unspecified atom stereocenters. The molecule has 0 saturated carbocycles. The topological polar surface area (TPSA) is 117 Å². The number of nitro benzene ring substituents is 1. The number of amides is 1. The Hall–Kier alpha value is -3.76. The molecular formula is C18H16F2N2O7. The number of anilines is 1. The molecule has 0 aliphatic carbocycles. The van der Waals surface area contributed by atoms with Crippen molar-refractivity contribution in [3.8, 4) is 11.5 Å². The third-order valence-corrected chi connectivity index (χ3v) is 3.63. The maximum Gasteiger partial charge on any atom is 0.387 e. The fourth-order valence-corrected chi connectivity index (χ4v) is 2.25. The minimum atomic E-state index is -3.09. The molecule has 1 atom stereocenters. The Morgan fingerprint density at radius 1 is 1.14 bits per heavy atom. The SMILES string of the molecule is COc1ccc([N+](=O)[O-])cc1C(=O)O[C@@H](C)C(=O)Nc1ccccc1OC(F)F. The van der Waals surface area contributed by atoms with E-state index in [0.717, 1.165) is 12.1 Å². The number of benzene rings is 2. The molecule has 0 bridgehead atoms. The number of nitrogens with one attached hydrogen (secondary N) is 1. The second-order valence-corrected chi connectivity index (χ2v) is 5.55. The molecule has 0 aliphatic rings. The van der Waals surface area contributed by atoms with E-state index in [4.69, 9.17) is 9.47 Å². The number of alkyl halides is 2. The van der Waals surface area contributed by atoms with Crippen LogP contribution in [0.4, 0.5) is 20.2 Å². The van der Waals surface area contributed by atoms with E-state index in [1.54, 1.807) is 0 Å². The Labute approximate surface area is 163 Å². The second kappa shape index (κ2) is 9.44. The number of non-ortho nitro benzene ring substituents is 1. The van der Waals surface area contributed by atoms with Crippen LogP contribution in [0.3, 0.4) is 0 Å². The number of ether oxygens (including phenoxy) is 3. The molecule has 2 rings (SSSR count). The van der Waals surface area contributed by atoms with Crippen LogP contribution in [-0.4, -0.2) is 36.6 Å². The third kappa shape index (κ3) is 5.61. The molecule has 0 spiro atoms. The third-order valence-electron chi connectivity index (χ3n) is 3.63. The number of nitrogens with zero attached hydrogens (tertiary/aromatic N) is 1. The van der Waals surface area contributed by atoms with Gasteiger partial charge in [0.25, 0.3) is 11.6 Å². The fraction of sp³-hybridized carbons (Fsp3) is 0.222. The van der Waals surface area contributed by atoms with Crippen molar-refractivity contribution in [2.75, 3.05) is 12.4 Å². The van der Waals surface area contributed by atoms with Crippen LogP contribution in [0.15, 0.2) is 42.5 Å². The highest BCUT2D eigenvalue weighted by atomic mass is 19.3. The lowest BCUT2D eigenvalue weighted by atomic mass is 10.1.